The van der Waals surface area contributed by atoms with Crippen molar-refractivity contribution >= 4 is 29.6 Å². The van der Waals surface area contributed by atoms with Crippen LogP contribution in [-0.4, -0.2) is 29.6 Å². The fourth-order valence-electron chi connectivity index (χ4n) is 2.58. The van der Waals surface area contributed by atoms with Crippen LogP contribution >= 0.6 is 11.8 Å². The molecule has 8 heteroatoms. The Morgan fingerprint density at radius 3 is 2.95 bits per heavy atom. The second-order valence-electron chi connectivity index (χ2n) is 5.13. The second kappa shape index (κ2) is 5.96. The minimum absolute atomic E-state index is 0.133. The molecule has 6 nitrogen and oxygen atoms in total. The third-order valence-corrected chi connectivity index (χ3v) is 4.77. The highest BCUT2D eigenvalue weighted by Gasteiger charge is 2.32. The van der Waals surface area contributed by atoms with Gasteiger partial charge in [-0.1, -0.05) is 12.1 Å². The summed E-state index contributed by atoms with van der Waals surface area (Å²) in [6, 6.07) is 3.08. The Balaban J connectivity index is 1.67. The van der Waals surface area contributed by atoms with Crippen molar-refractivity contribution in [2.24, 2.45) is 0 Å². The fraction of sp³-hybridized carbons (Fsp3) is 0.357. The number of carbonyl (C=O) groups excluding carboxylic acids is 3. The SMILES string of the molecule is O=C(C[C@H]1NC(=O)NC1=O)N[C@@H]1CCSc2c(F)cccc21. The van der Waals surface area contributed by atoms with E-state index in [9.17, 15) is 18.8 Å². The molecular weight excluding hydrogens is 309 g/mol. The molecule has 0 aromatic heterocycles. The Labute approximate surface area is 130 Å². The first kappa shape index (κ1) is 14.8. The molecule has 2 aliphatic heterocycles. The molecule has 0 spiro atoms. The van der Waals surface area contributed by atoms with Gasteiger partial charge in [0, 0.05) is 10.6 Å². The number of fused-ring (bicyclic) bond motifs is 1. The van der Waals surface area contributed by atoms with E-state index in [2.05, 4.69) is 16.0 Å². The molecule has 0 bridgehead atoms. The summed E-state index contributed by atoms with van der Waals surface area (Å²) in [7, 11) is 0. The van der Waals surface area contributed by atoms with E-state index < -0.39 is 18.0 Å². The maximum Gasteiger partial charge on any atom is 0.322 e. The van der Waals surface area contributed by atoms with Crippen LogP contribution < -0.4 is 16.0 Å². The average Bonchev–Trinajstić information content (AvgIpc) is 2.78. The van der Waals surface area contributed by atoms with Gasteiger partial charge < -0.3 is 10.6 Å². The Bertz CT molecular complexity index is 652. The van der Waals surface area contributed by atoms with Crippen molar-refractivity contribution in [3.8, 4) is 0 Å². The number of urea groups is 1. The Morgan fingerprint density at radius 2 is 2.23 bits per heavy atom. The van der Waals surface area contributed by atoms with Crippen LogP contribution in [0, 0.1) is 5.82 Å². The Kier molecular flexibility index (Phi) is 4.02. The molecule has 0 aliphatic carbocycles. The number of benzene rings is 1. The quantitative estimate of drug-likeness (QED) is 0.726. The minimum atomic E-state index is -0.850. The number of hydrogen-bond donors (Lipinski definition) is 3. The lowest BCUT2D eigenvalue weighted by Gasteiger charge is -2.26. The molecule has 1 aromatic carbocycles. The van der Waals surface area contributed by atoms with Crippen LogP contribution in [0.1, 0.15) is 24.4 Å². The van der Waals surface area contributed by atoms with E-state index in [0.29, 0.717) is 17.1 Å². The van der Waals surface area contributed by atoms with Gasteiger partial charge in [0.25, 0.3) is 5.91 Å². The van der Waals surface area contributed by atoms with Crippen LogP contribution in [0.4, 0.5) is 9.18 Å². The summed E-state index contributed by atoms with van der Waals surface area (Å²) in [4.78, 5) is 35.1. The number of hydrogen-bond acceptors (Lipinski definition) is 4. The van der Waals surface area contributed by atoms with Gasteiger partial charge in [-0.15, -0.1) is 11.8 Å². The highest BCUT2D eigenvalue weighted by molar-refractivity contribution is 7.99. The number of nitrogens with one attached hydrogen (secondary N) is 3. The second-order valence-corrected chi connectivity index (χ2v) is 6.24. The monoisotopic (exact) mass is 323 g/mol. The Hall–Kier alpha value is -2.09. The van der Waals surface area contributed by atoms with Crippen molar-refractivity contribution in [1.82, 2.24) is 16.0 Å². The van der Waals surface area contributed by atoms with Gasteiger partial charge in [-0.2, -0.15) is 0 Å². The molecule has 0 unspecified atom stereocenters. The fourth-order valence-corrected chi connectivity index (χ4v) is 3.72. The largest absolute Gasteiger partial charge is 0.349 e. The summed E-state index contributed by atoms with van der Waals surface area (Å²) in [5.41, 5.74) is 0.754. The summed E-state index contributed by atoms with van der Waals surface area (Å²) in [5, 5.41) is 7.27. The van der Waals surface area contributed by atoms with Crippen molar-refractivity contribution in [3.05, 3.63) is 29.6 Å². The van der Waals surface area contributed by atoms with Crippen molar-refractivity contribution in [2.45, 2.75) is 29.8 Å². The van der Waals surface area contributed by atoms with Gasteiger partial charge >= 0.3 is 6.03 Å². The lowest BCUT2D eigenvalue weighted by Crippen LogP contribution is -2.38. The summed E-state index contributed by atoms with van der Waals surface area (Å²) in [5.74, 6) is -0.441. The molecule has 2 atom stereocenters. The van der Waals surface area contributed by atoms with Crippen LogP contribution in [0.5, 0.6) is 0 Å². The van der Waals surface area contributed by atoms with Gasteiger partial charge in [0.15, 0.2) is 0 Å². The van der Waals surface area contributed by atoms with Crippen molar-refractivity contribution in [3.63, 3.8) is 0 Å². The molecule has 116 valence electrons. The van der Waals surface area contributed by atoms with E-state index in [1.807, 2.05) is 0 Å². The van der Waals surface area contributed by atoms with Gasteiger partial charge in [-0.3, -0.25) is 14.9 Å². The molecule has 1 fully saturated rings. The normalized spacial score (nSPS) is 23.5. The molecule has 22 heavy (non-hydrogen) atoms. The van der Waals surface area contributed by atoms with E-state index in [1.165, 1.54) is 17.8 Å². The number of rotatable bonds is 3. The topological polar surface area (TPSA) is 87.3 Å². The molecule has 2 heterocycles. The van der Waals surface area contributed by atoms with Crippen LogP contribution in [-0.2, 0) is 9.59 Å². The third kappa shape index (κ3) is 2.92. The number of imide groups is 1. The van der Waals surface area contributed by atoms with Gasteiger partial charge in [0.2, 0.25) is 5.91 Å². The lowest BCUT2D eigenvalue weighted by atomic mass is 10.0. The lowest BCUT2D eigenvalue weighted by molar-refractivity contribution is -0.126. The van der Waals surface area contributed by atoms with Crippen LogP contribution in [0.2, 0.25) is 0 Å². The van der Waals surface area contributed by atoms with Gasteiger partial charge in [0.05, 0.1) is 12.5 Å². The molecule has 0 radical (unpaired) electrons. The van der Waals surface area contributed by atoms with Crippen molar-refractivity contribution in [2.75, 3.05) is 5.75 Å². The number of halogens is 1. The summed E-state index contributed by atoms with van der Waals surface area (Å²) in [6.07, 6.45) is 0.557. The zero-order chi connectivity index (χ0) is 15.7. The maximum absolute atomic E-state index is 13.8. The molecule has 0 saturated carbocycles. The van der Waals surface area contributed by atoms with Crippen LogP contribution in [0.3, 0.4) is 0 Å². The highest BCUT2D eigenvalue weighted by atomic mass is 32.2. The van der Waals surface area contributed by atoms with E-state index in [0.717, 1.165) is 5.56 Å². The molecule has 2 aliphatic rings. The van der Waals surface area contributed by atoms with Gasteiger partial charge in [0.1, 0.15) is 11.9 Å². The maximum atomic E-state index is 13.8. The predicted octanol–water partition coefficient (Wildman–Crippen LogP) is 1.08. The zero-order valence-electron chi connectivity index (χ0n) is 11.5. The molecule has 4 amide bonds. The zero-order valence-corrected chi connectivity index (χ0v) is 12.3. The van der Waals surface area contributed by atoms with Crippen molar-refractivity contribution < 1.29 is 18.8 Å². The summed E-state index contributed by atoms with van der Waals surface area (Å²) >= 11 is 1.43. The van der Waals surface area contributed by atoms with Gasteiger partial charge in [-0.25, -0.2) is 9.18 Å². The molecule has 3 N–H and O–H groups in total. The van der Waals surface area contributed by atoms with E-state index in [1.54, 1.807) is 12.1 Å². The van der Waals surface area contributed by atoms with Crippen molar-refractivity contribution in [1.29, 1.82) is 0 Å². The number of thioether (sulfide) groups is 1. The number of amides is 4. The molecule has 3 rings (SSSR count). The van der Waals surface area contributed by atoms with E-state index in [-0.39, 0.29) is 24.2 Å². The molecular formula is C14H14FN3O3S. The summed E-state index contributed by atoms with van der Waals surface area (Å²) in [6.45, 7) is 0. The first-order chi connectivity index (χ1) is 10.5. The average molecular weight is 323 g/mol. The molecule has 1 aromatic rings. The Morgan fingerprint density at radius 1 is 1.41 bits per heavy atom. The molecule has 1 saturated heterocycles. The highest BCUT2D eigenvalue weighted by Crippen LogP contribution is 2.37. The van der Waals surface area contributed by atoms with Gasteiger partial charge in [-0.05, 0) is 18.1 Å². The van der Waals surface area contributed by atoms with Crippen LogP contribution in [0.25, 0.3) is 0 Å². The van der Waals surface area contributed by atoms with E-state index in [4.69, 9.17) is 0 Å². The third-order valence-electron chi connectivity index (χ3n) is 3.61. The smallest absolute Gasteiger partial charge is 0.322 e. The standard InChI is InChI=1S/C14H14FN3O3S/c15-8-3-1-2-7-9(4-5-22-12(7)8)16-11(19)6-10-13(20)18-14(21)17-10/h1-3,9-10H,4-6H2,(H,16,19)(H2,17,18,20,21)/t9-,10-/m1/s1. The van der Waals surface area contributed by atoms with Crippen LogP contribution in [0.15, 0.2) is 23.1 Å². The minimum Gasteiger partial charge on any atom is -0.349 e. The first-order valence-electron chi connectivity index (χ1n) is 6.86. The predicted molar refractivity (Wildman–Crippen MR) is 77.7 cm³/mol. The van der Waals surface area contributed by atoms with E-state index >= 15 is 0 Å². The first-order valence-corrected chi connectivity index (χ1v) is 7.85. The summed E-state index contributed by atoms with van der Waals surface area (Å²) < 4.78 is 13.8. The number of carbonyl (C=O) groups is 3.